The van der Waals surface area contributed by atoms with Crippen molar-refractivity contribution in [3.63, 3.8) is 0 Å². The van der Waals surface area contributed by atoms with Gasteiger partial charge in [0.15, 0.2) is 0 Å². The fourth-order valence-corrected chi connectivity index (χ4v) is 3.03. The number of likely N-dealkylation sites (tertiary alicyclic amines) is 1. The molecule has 1 heterocycles. The van der Waals surface area contributed by atoms with Crippen molar-refractivity contribution in [2.45, 2.75) is 32.0 Å². The van der Waals surface area contributed by atoms with Crippen molar-refractivity contribution in [1.29, 1.82) is 0 Å². The molecule has 1 aromatic rings. The van der Waals surface area contributed by atoms with Crippen LogP contribution in [-0.2, 0) is 11.2 Å². The third-order valence-electron chi connectivity index (χ3n) is 4.33. The van der Waals surface area contributed by atoms with Crippen LogP contribution in [0.25, 0.3) is 0 Å². The summed E-state index contributed by atoms with van der Waals surface area (Å²) in [5, 5.41) is 9.17. The number of halogens is 3. The van der Waals surface area contributed by atoms with E-state index in [1.807, 2.05) is 17.1 Å². The molecule has 1 unspecified atom stereocenters. The molecule has 0 bridgehead atoms. The van der Waals surface area contributed by atoms with Gasteiger partial charge in [-0.3, -0.25) is 4.79 Å². The summed E-state index contributed by atoms with van der Waals surface area (Å²) in [6, 6.07) is 5.88. The number of alkyl halides is 3. The summed E-state index contributed by atoms with van der Waals surface area (Å²) in [6.07, 6.45) is 3.02. The molecule has 3 N–H and O–H groups in total. The second-order valence-corrected chi connectivity index (χ2v) is 6.35. The average Bonchev–Trinajstić information content (AvgIpc) is 2.61. The Hall–Kier alpha value is -2.64. The summed E-state index contributed by atoms with van der Waals surface area (Å²) >= 11 is 0. The van der Waals surface area contributed by atoms with Crippen molar-refractivity contribution in [3.8, 4) is 5.75 Å². The van der Waals surface area contributed by atoms with E-state index < -0.39 is 18.2 Å². The molecule has 0 aromatic heterocycles. The Morgan fingerprint density at radius 1 is 1.41 bits per heavy atom. The van der Waals surface area contributed by atoms with E-state index in [0.717, 1.165) is 24.2 Å². The summed E-state index contributed by atoms with van der Waals surface area (Å²) in [4.78, 5) is 13.1. The predicted molar refractivity (Wildman–Crippen MR) is 94.8 cm³/mol. The molecule has 1 aromatic carbocycles. The maximum absolute atomic E-state index is 12.3. The second-order valence-electron chi connectivity index (χ2n) is 6.35. The number of allylic oxidation sites excluding steroid dienone is 2. The zero-order chi connectivity index (χ0) is 19.9. The van der Waals surface area contributed by atoms with Gasteiger partial charge < -0.3 is 20.5 Å². The Kier molecular flexibility index (Phi) is 7.15. The van der Waals surface area contributed by atoms with E-state index >= 15 is 0 Å². The van der Waals surface area contributed by atoms with E-state index in [0.29, 0.717) is 25.8 Å². The number of piperidine rings is 1. The zero-order valence-corrected chi connectivity index (χ0v) is 14.8. The number of ether oxygens (including phenoxy) is 1. The van der Waals surface area contributed by atoms with E-state index in [9.17, 15) is 18.0 Å². The molecule has 0 amide bonds. The molecular formula is C19H23F3N2O3. The highest BCUT2D eigenvalue weighted by atomic mass is 19.4. The monoisotopic (exact) mass is 384 g/mol. The van der Waals surface area contributed by atoms with Crippen molar-refractivity contribution >= 4 is 5.97 Å². The Morgan fingerprint density at radius 3 is 2.85 bits per heavy atom. The Morgan fingerprint density at radius 2 is 2.19 bits per heavy atom. The van der Waals surface area contributed by atoms with Gasteiger partial charge in [0.1, 0.15) is 5.75 Å². The van der Waals surface area contributed by atoms with Gasteiger partial charge >= 0.3 is 12.3 Å². The van der Waals surface area contributed by atoms with Gasteiger partial charge in [0.2, 0.25) is 0 Å². The molecule has 2 rings (SSSR count). The number of hydrogen-bond donors (Lipinski definition) is 2. The maximum atomic E-state index is 12.3. The lowest BCUT2D eigenvalue weighted by Gasteiger charge is -2.33. The van der Waals surface area contributed by atoms with Crippen LogP contribution in [0.5, 0.6) is 5.75 Å². The molecule has 0 aliphatic carbocycles. The number of aryl methyl sites for hydroxylation is 1. The van der Waals surface area contributed by atoms with Gasteiger partial charge in [0.25, 0.3) is 0 Å². The molecular weight excluding hydrogens is 361 g/mol. The molecule has 5 nitrogen and oxygen atoms in total. The van der Waals surface area contributed by atoms with Crippen LogP contribution in [0.2, 0.25) is 0 Å². The highest BCUT2D eigenvalue weighted by Crippen LogP contribution is 2.24. The number of rotatable bonds is 7. The molecule has 1 aliphatic rings. The molecule has 1 saturated heterocycles. The van der Waals surface area contributed by atoms with Crippen molar-refractivity contribution < 1.29 is 27.8 Å². The van der Waals surface area contributed by atoms with Crippen molar-refractivity contribution in [3.05, 3.63) is 53.9 Å². The van der Waals surface area contributed by atoms with Crippen LogP contribution in [0, 0.1) is 5.92 Å². The average molecular weight is 384 g/mol. The second kappa shape index (κ2) is 9.34. The topological polar surface area (TPSA) is 75.8 Å². The molecule has 1 aliphatic heterocycles. The van der Waals surface area contributed by atoms with Gasteiger partial charge in [-0.1, -0.05) is 18.2 Å². The highest BCUT2D eigenvalue weighted by Gasteiger charge is 2.31. The van der Waals surface area contributed by atoms with Crippen LogP contribution in [0.15, 0.2) is 48.3 Å². The van der Waals surface area contributed by atoms with E-state index in [1.165, 1.54) is 24.4 Å². The number of nitrogens with zero attached hydrogens (tertiary/aromatic N) is 1. The lowest BCUT2D eigenvalue weighted by molar-refractivity contribution is -0.274. The molecule has 8 heteroatoms. The van der Waals surface area contributed by atoms with Crippen LogP contribution in [0.3, 0.4) is 0 Å². The number of benzene rings is 1. The fraction of sp³-hybridized carbons (Fsp3) is 0.421. The number of aliphatic carboxylic acids is 1. The molecule has 1 fully saturated rings. The van der Waals surface area contributed by atoms with Gasteiger partial charge in [0, 0.05) is 19.3 Å². The minimum atomic E-state index is -4.71. The first-order chi connectivity index (χ1) is 12.8. The molecule has 148 valence electrons. The van der Waals surface area contributed by atoms with Crippen molar-refractivity contribution in [2.75, 3.05) is 13.1 Å². The van der Waals surface area contributed by atoms with Crippen LogP contribution < -0.4 is 10.5 Å². The minimum absolute atomic E-state index is 0.237. The van der Waals surface area contributed by atoms with Crippen LogP contribution >= 0.6 is 0 Å². The summed E-state index contributed by atoms with van der Waals surface area (Å²) in [6.45, 7) is 1.16. The Balaban J connectivity index is 1.89. The van der Waals surface area contributed by atoms with Crippen molar-refractivity contribution in [2.24, 2.45) is 11.7 Å². The van der Waals surface area contributed by atoms with Crippen LogP contribution in [0.4, 0.5) is 13.2 Å². The lowest BCUT2D eigenvalue weighted by atomic mass is 9.98. The first-order valence-corrected chi connectivity index (χ1v) is 8.69. The fourth-order valence-electron chi connectivity index (χ4n) is 3.03. The lowest BCUT2D eigenvalue weighted by Crippen LogP contribution is -2.38. The molecule has 0 radical (unpaired) electrons. The van der Waals surface area contributed by atoms with E-state index in [4.69, 9.17) is 10.8 Å². The van der Waals surface area contributed by atoms with Crippen molar-refractivity contribution in [1.82, 2.24) is 4.90 Å². The Labute approximate surface area is 155 Å². The molecule has 0 spiro atoms. The largest absolute Gasteiger partial charge is 0.573 e. The molecule has 1 atom stereocenters. The summed E-state index contributed by atoms with van der Waals surface area (Å²) in [5.41, 5.74) is 7.14. The maximum Gasteiger partial charge on any atom is 0.573 e. The minimum Gasteiger partial charge on any atom is -0.481 e. The van der Waals surface area contributed by atoms with E-state index in [-0.39, 0.29) is 5.75 Å². The third-order valence-corrected chi connectivity index (χ3v) is 4.33. The van der Waals surface area contributed by atoms with E-state index in [1.54, 1.807) is 6.07 Å². The number of carboxylic acids is 1. The number of nitrogens with two attached hydrogens (primary N) is 1. The SMILES string of the molecule is N/C=C(\C=C/CCc1cccc(OC(F)(F)F)c1)N1CCCC(C(=O)O)C1. The third kappa shape index (κ3) is 6.88. The first kappa shape index (κ1) is 20.7. The smallest absolute Gasteiger partial charge is 0.481 e. The van der Waals surface area contributed by atoms with Gasteiger partial charge in [-0.25, -0.2) is 0 Å². The quantitative estimate of drug-likeness (QED) is 0.702. The zero-order valence-electron chi connectivity index (χ0n) is 14.8. The van der Waals surface area contributed by atoms with Gasteiger partial charge in [-0.2, -0.15) is 0 Å². The summed E-state index contributed by atoms with van der Waals surface area (Å²) in [5.74, 6) is -1.45. The van der Waals surface area contributed by atoms with Gasteiger partial charge in [0.05, 0.1) is 11.6 Å². The Bertz CT molecular complexity index is 702. The first-order valence-electron chi connectivity index (χ1n) is 8.69. The molecule has 27 heavy (non-hydrogen) atoms. The standard InChI is InChI=1S/C19H23F3N2O3/c20-19(21,22)27-17-9-3-6-14(11-17)5-1-2-8-16(12-23)24-10-4-7-15(13-24)18(25)26/h2-3,6,8-9,11-12,15H,1,4-5,7,10,13,23H2,(H,25,26)/b8-2-,16-12+. The normalized spacial score (nSPS) is 18.7. The highest BCUT2D eigenvalue weighted by molar-refractivity contribution is 5.70. The van der Waals surface area contributed by atoms with Crippen LogP contribution in [-0.4, -0.2) is 35.4 Å². The van der Waals surface area contributed by atoms with Gasteiger partial charge in [-0.15, -0.1) is 13.2 Å². The predicted octanol–water partition coefficient (Wildman–Crippen LogP) is 3.67. The molecule has 0 saturated carbocycles. The van der Waals surface area contributed by atoms with E-state index in [2.05, 4.69) is 4.74 Å². The number of hydrogen-bond acceptors (Lipinski definition) is 4. The summed E-state index contributed by atoms with van der Waals surface area (Å²) in [7, 11) is 0. The van der Waals surface area contributed by atoms with Crippen LogP contribution in [0.1, 0.15) is 24.8 Å². The number of carboxylic acid groups (broad SMARTS) is 1. The van der Waals surface area contributed by atoms with Gasteiger partial charge in [-0.05, 0) is 49.5 Å². The summed E-state index contributed by atoms with van der Waals surface area (Å²) < 4.78 is 40.7. The number of carbonyl (C=O) groups is 1.